The van der Waals surface area contributed by atoms with Crippen LogP contribution in [0.3, 0.4) is 0 Å². The summed E-state index contributed by atoms with van der Waals surface area (Å²) in [5.41, 5.74) is -0.158. The Labute approximate surface area is 108 Å². The molecule has 3 nitrogen and oxygen atoms in total. The van der Waals surface area contributed by atoms with E-state index in [9.17, 15) is 5.11 Å². The van der Waals surface area contributed by atoms with Gasteiger partial charge in [-0.05, 0) is 26.4 Å². The number of hydrogen-bond acceptors (Lipinski definition) is 4. The topological polar surface area (TPSA) is 36.4 Å². The van der Waals surface area contributed by atoms with E-state index in [2.05, 4.69) is 37.6 Å². The van der Waals surface area contributed by atoms with Gasteiger partial charge in [0.25, 0.3) is 0 Å². The van der Waals surface area contributed by atoms with Crippen molar-refractivity contribution >= 4 is 11.3 Å². The summed E-state index contributed by atoms with van der Waals surface area (Å²) in [6.45, 7) is 10.5. The van der Waals surface area contributed by atoms with Crippen molar-refractivity contribution in [2.24, 2.45) is 0 Å². The molecule has 0 saturated carbocycles. The van der Waals surface area contributed by atoms with E-state index in [0.717, 1.165) is 24.5 Å². The van der Waals surface area contributed by atoms with Crippen LogP contribution >= 0.6 is 11.3 Å². The van der Waals surface area contributed by atoms with Gasteiger partial charge in [0, 0.05) is 23.5 Å². The van der Waals surface area contributed by atoms with Gasteiger partial charge >= 0.3 is 0 Å². The minimum atomic E-state index is -0.362. The second-order valence-electron chi connectivity index (χ2n) is 4.53. The Bertz CT molecular complexity index is 311. The number of nitrogens with zero attached hydrogens (tertiary/aromatic N) is 2. The van der Waals surface area contributed by atoms with Crippen LogP contribution < -0.4 is 0 Å². The predicted octanol–water partition coefficient (Wildman–Crippen LogP) is 2.56. The van der Waals surface area contributed by atoms with Crippen molar-refractivity contribution in [3.05, 3.63) is 16.6 Å². The minimum Gasteiger partial charge on any atom is -0.391 e. The standard InChI is InChI=1S/C13H24N2OS/c1-5-13(4,15(6-2)7-3)11(16)10-12-14-8-9-17-12/h8-9,11,16H,5-7,10H2,1-4H3. The van der Waals surface area contributed by atoms with Crippen LogP contribution in [0.15, 0.2) is 11.6 Å². The molecule has 17 heavy (non-hydrogen) atoms. The molecule has 0 bridgehead atoms. The average Bonchev–Trinajstić information content (AvgIpc) is 2.82. The Hall–Kier alpha value is -0.450. The normalized spacial score (nSPS) is 17.1. The molecule has 0 saturated heterocycles. The summed E-state index contributed by atoms with van der Waals surface area (Å²) in [4.78, 5) is 6.59. The van der Waals surface area contributed by atoms with Crippen LogP contribution in [0.1, 0.15) is 39.1 Å². The van der Waals surface area contributed by atoms with Gasteiger partial charge in [0.15, 0.2) is 0 Å². The fourth-order valence-corrected chi connectivity index (χ4v) is 3.01. The number of rotatable bonds is 7. The van der Waals surface area contributed by atoms with Crippen LogP contribution in [-0.2, 0) is 6.42 Å². The van der Waals surface area contributed by atoms with Gasteiger partial charge in [-0.2, -0.15) is 0 Å². The van der Waals surface area contributed by atoms with E-state index >= 15 is 0 Å². The molecule has 1 aromatic heterocycles. The Morgan fingerprint density at radius 2 is 2.06 bits per heavy atom. The highest BCUT2D eigenvalue weighted by Gasteiger charge is 2.36. The summed E-state index contributed by atoms with van der Waals surface area (Å²) in [7, 11) is 0. The second kappa shape index (κ2) is 6.47. The predicted molar refractivity (Wildman–Crippen MR) is 73.4 cm³/mol. The molecule has 2 unspecified atom stereocenters. The van der Waals surface area contributed by atoms with Gasteiger partial charge in [0.1, 0.15) is 0 Å². The molecule has 0 amide bonds. The maximum Gasteiger partial charge on any atom is 0.0951 e. The second-order valence-corrected chi connectivity index (χ2v) is 5.51. The zero-order chi connectivity index (χ0) is 12.9. The van der Waals surface area contributed by atoms with Crippen LogP contribution in [-0.4, -0.2) is 39.7 Å². The van der Waals surface area contributed by atoms with Gasteiger partial charge in [-0.3, -0.25) is 4.90 Å². The number of aliphatic hydroxyl groups excluding tert-OH is 1. The van der Waals surface area contributed by atoms with Gasteiger partial charge < -0.3 is 5.11 Å². The van der Waals surface area contributed by atoms with Crippen LogP contribution in [0.4, 0.5) is 0 Å². The molecule has 1 aromatic rings. The summed E-state index contributed by atoms with van der Waals surface area (Å²) < 4.78 is 0. The van der Waals surface area contributed by atoms with Crippen LogP contribution in [0.5, 0.6) is 0 Å². The Morgan fingerprint density at radius 1 is 1.41 bits per heavy atom. The highest BCUT2D eigenvalue weighted by atomic mass is 32.1. The van der Waals surface area contributed by atoms with E-state index in [4.69, 9.17) is 0 Å². The smallest absolute Gasteiger partial charge is 0.0951 e. The molecule has 4 heteroatoms. The van der Waals surface area contributed by atoms with Crippen LogP contribution in [0.25, 0.3) is 0 Å². The summed E-state index contributed by atoms with van der Waals surface area (Å²) in [6, 6.07) is 0. The summed E-state index contributed by atoms with van der Waals surface area (Å²) in [5, 5.41) is 13.5. The molecule has 1 heterocycles. The molecule has 2 atom stereocenters. The Morgan fingerprint density at radius 3 is 2.47 bits per heavy atom. The lowest BCUT2D eigenvalue weighted by molar-refractivity contribution is -0.0190. The van der Waals surface area contributed by atoms with E-state index in [1.807, 2.05) is 5.38 Å². The van der Waals surface area contributed by atoms with Gasteiger partial charge in [0.05, 0.1) is 11.1 Å². The molecule has 0 aliphatic carbocycles. The zero-order valence-electron chi connectivity index (χ0n) is 11.3. The van der Waals surface area contributed by atoms with E-state index in [-0.39, 0.29) is 11.6 Å². The third kappa shape index (κ3) is 3.27. The number of likely N-dealkylation sites (N-methyl/N-ethyl adjacent to an activating group) is 1. The fourth-order valence-electron chi connectivity index (χ4n) is 2.36. The molecule has 0 aromatic carbocycles. The van der Waals surface area contributed by atoms with Crippen molar-refractivity contribution in [2.75, 3.05) is 13.1 Å². The van der Waals surface area contributed by atoms with E-state index in [1.165, 1.54) is 0 Å². The lowest BCUT2D eigenvalue weighted by Crippen LogP contribution is -2.54. The number of aromatic nitrogens is 1. The van der Waals surface area contributed by atoms with E-state index in [1.54, 1.807) is 17.5 Å². The number of aliphatic hydroxyl groups is 1. The van der Waals surface area contributed by atoms with Crippen molar-refractivity contribution in [1.29, 1.82) is 0 Å². The SMILES string of the molecule is CCN(CC)C(C)(CC)C(O)Cc1nccs1. The first-order valence-corrected chi connectivity index (χ1v) is 7.27. The van der Waals surface area contributed by atoms with Crippen molar-refractivity contribution in [3.63, 3.8) is 0 Å². The number of thiazole rings is 1. The molecule has 98 valence electrons. The third-order valence-corrected chi connectivity index (χ3v) is 4.57. The lowest BCUT2D eigenvalue weighted by atomic mass is 9.87. The average molecular weight is 256 g/mol. The molecule has 1 N–H and O–H groups in total. The molecular formula is C13H24N2OS. The molecule has 0 spiro atoms. The third-order valence-electron chi connectivity index (χ3n) is 3.77. The highest BCUT2D eigenvalue weighted by molar-refractivity contribution is 7.09. The highest BCUT2D eigenvalue weighted by Crippen LogP contribution is 2.26. The van der Waals surface area contributed by atoms with Gasteiger partial charge in [-0.25, -0.2) is 4.98 Å². The first-order chi connectivity index (χ1) is 8.08. The largest absolute Gasteiger partial charge is 0.391 e. The quantitative estimate of drug-likeness (QED) is 0.814. The molecular weight excluding hydrogens is 232 g/mol. The van der Waals surface area contributed by atoms with Gasteiger partial charge in [-0.1, -0.05) is 20.8 Å². The molecule has 0 radical (unpaired) electrons. The van der Waals surface area contributed by atoms with Crippen molar-refractivity contribution in [2.45, 2.75) is 52.2 Å². The lowest BCUT2D eigenvalue weighted by Gasteiger charge is -2.43. The number of hydrogen-bond donors (Lipinski definition) is 1. The fraction of sp³-hybridized carbons (Fsp3) is 0.769. The van der Waals surface area contributed by atoms with Crippen LogP contribution in [0, 0.1) is 0 Å². The summed E-state index contributed by atoms with van der Waals surface area (Å²) >= 11 is 1.62. The minimum absolute atomic E-state index is 0.158. The summed E-state index contributed by atoms with van der Waals surface area (Å²) in [5.74, 6) is 0. The van der Waals surface area contributed by atoms with E-state index < -0.39 is 0 Å². The monoisotopic (exact) mass is 256 g/mol. The molecule has 0 aliphatic rings. The molecule has 0 fully saturated rings. The van der Waals surface area contributed by atoms with Crippen molar-refractivity contribution < 1.29 is 5.11 Å². The maximum absolute atomic E-state index is 10.5. The first kappa shape index (κ1) is 14.6. The zero-order valence-corrected chi connectivity index (χ0v) is 12.1. The molecule has 0 aliphatic heterocycles. The van der Waals surface area contributed by atoms with Crippen molar-refractivity contribution in [3.8, 4) is 0 Å². The Kier molecular flexibility index (Phi) is 5.56. The van der Waals surface area contributed by atoms with E-state index in [0.29, 0.717) is 6.42 Å². The maximum atomic E-state index is 10.5. The van der Waals surface area contributed by atoms with Crippen molar-refractivity contribution in [1.82, 2.24) is 9.88 Å². The van der Waals surface area contributed by atoms with Gasteiger partial charge in [0.2, 0.25) is 0 Å². The summed E-state index contributed by atoms with van der Waals surface area (Å²) in [6.07, 6.45) is 3.03. The van der Waals surface area contributed by atoms with Gasteiger partial charge in [-0.15, -0.1) is 11.3 Å². The molecule has 1 rings (SSSR count). The Balaban J connectivity index is 2.77. The van der Waals surface area contributed by atoms with Crippen LogP contribution in [0.2, 0.25) is 0 Å². The first-order valence-electron chi connectivity index (χ1n) is 6.39.